The van der Waals surface area contributed by atoms with Crippen LogP contribution in [0.1, 0.15) is 30.5 Å². The van der Waals surface area contributed by atoms with Gasteiger partial charge in [-0.2, -0.15) is 0 Å². The summed E-state index contributed by atoms with van der Waals surface area (Å²) in [6.45, 7) is 6.49. The quantitative estimate of drug-likeness (QED) is 0.601. The van der Waals surface area contributed by atoms with Gasteiger partial charge in [-0.15, -0.1) is 0 Å². The van der Waals surface area contributed by atoms with Gasteiger partial charge in [0.2, 0.25) is 0 Å². The Morgan fingerprint density at radius 2 is 1.55 bits per heavy atom. The number of hydrogen-bond donors (Lipinski definition) is 0. The van der Waals surface area contributed by atoms with E-state index in [9.17, 15) is 0 Å². The SMILES string of the molecule is CCc1[c]c[c]c(CC)c1C. The average molecular weight is 146 g/mol. The molecule has 0 aliphatic heterocycles. The van der Waals surface area contributed by atoms with Crippen molar-refractivity contribution in [1.29, 1.82) is 0 Å². The summed E-state index contributed by atoms with van der Waals surface area (Å²) in [7, 11) is 0. The highest BCUT2D eigenvalue weighted by Gasteiger charge is 1.99. The van der Waals surface area contributed by atoms with Crippen molar-refractivity contribution in [2.75, 3.05) is 0 Å². The van der Waals surface area contributed by atoms with Crippen LogP contribution < -0.4 is 0 Å². The van der Waals surface area contributed by atoms with Crippen LogP contribution >= 0.6 is 0 Å². The number of hydrogen-bond acceptors (Lipinski definition) is 0. The van der Waals surface area contributed by atoms with Crippen molar-refractivity contribution < 1.29 is 0 Å². The van der Waals surface area contributed by atoms with Crippen LogP contribution in [-0.2, 0) is 12.8 Å². The van der Waals surface area contributed by atoms with Gasteiger partial charge in [0.1, 0.15) is 0 Å². The van der Waals surface area contributed by atoms with Gasteiger partial charge in [-0.3, -0.25) is 0 Å². The Labute approximate surface area is 69.3 Å². The first kappa shape index (κ1) is 8.32. The number of rotatable bonds is 2. The minimum atomic E-state index is 1.08. The fourth-order valence-corrected chi connectivity index (χ4v) is 1.34. The first-order valence-electron chi connectivity index (χ1n) is 4.20. The van der Waals surface area contributed by atoms with E-state index in [0.29, 0.717) is 0 Å². The van der Waals surface area contributed by atoms with Crippen molar-refractivity contribution in [2.45, 2.75) is 33.6 Å². The summed E-state index contributed by atoms with van der Waals surface area (Å²) in [6.07, 6.45) is 2.15. The van der Waals surface area contributed by atoms with Gasteiger partial charge in [0.05, 0.1) is 0 Å². The van der Waals surface area contributed by atoms with E-state index in [1.165, 1.54) is 16.7 Å². The predicted octanol–water partition coefficient (Wildman–Crippen LogP) is 2.72. The van der Waals surface area contributed by atoms with E-state index >= 15 is 0 Å². The van der Waals surface area contributed by atoms with Crippen LogP contribution in [0.15, 0.2) is 6.07 Å². The Hall–Kier alpha value is -0.780. The Morgan fingerprint density at radius 3 is 1.91 bits per heavy atom. The minimum absolute atomic E-state index is 1.08. The van der Waals surface area contributed by atoms with Crippen LogP contribution in [0.25, 0.3) is 0 Å². The summed E-state index contributed by atoms with van der Waals surface area (Å²) >= 11 is 0. The van der Waals surface area contributed by atoms with Gasteiger partial charge in [-0.25, -0.2) is 0 Å². The summed E-state index contributed by atoms with van der Waals surface area (Å²) in [6, 6.07) is 8.32. The molecule has 58 valence electrons. The van der Waals surface area contributed by atoms with Gasteiger partial charge in [0.25, 0.3) is 0 Å². The molecule has 0 N–H and O–H groups in total. The van der Waals surface area contributed by atoms with Crippen LogP contribution in [0.3, 0.4) is 0 Å². The molecule has 0 atom stereocenters. The molecule has 2 radical (unpaired) electrons. The van der Waals surface area contributed by atoms with Crippen LogP contribution in [0.4, 0.5) is 0 Å². The van der Waals surface area contributed by atoms with Crippen molar-refractivity contribution in [3.63, 3.8) is 0 Å². The molecule has 0 heterocycles. The third-order valence-corrected chi connectivity index (χ3v) is 2.11. The van der Waals surface area contributed by atoms with Crippen molar-refractivity contribution in [1.82, 2.24) is 0 Å². The van der Waals surface area contributed by atoms with Crippen LogP contribution in [0.5, 0.6) is 0 Å². The molecule has 0 aromatic heterocycles. The lowest BCUT2D eigenvalue weighted by Gasteiger charge is -2.05. The van der Waals surface area contributed by atoms with Crippen LogP contribution in [0, 0.1) is 19.1 Å². The molecule has 0 saturated carbocycles. The van der Waals surface area contributed by atoms with Crippen LogP contribution in [0.2, 0.25) is 0 Å². The van der Waals surface area contributed by atoms with E-state index in [1.807, 2.05) is 6.07 Å². The van der Waals surface area contributed by atoms with Gasteiger partial charge in [-0.05, 0) is 54.7 Å². The van der Waals surface area contributed by atoms with Crippen molar-refractivity contribution >= 4 is 0 Å². The molecule has 1 aromatic rings. The van der Waals surface area contributed by atoms with Gasteiger partial charge < -0.3 is 0 Å². The first-order chi connectivity index (χ1) is 5.29. The molecule has 11 heavy (non-hydrogen) atoms. The monoisotopic (exact) mass is 146 g/mol. The Balaban J connectivity index is 3.10. The molecule has 0 aliphatic carbocycles. The zero-order chi connectivity index (χ0) is 8.27. The molecule has 0 saturated heterocycles. The number of aryl methyl sites for hydroxylation is 2. The molecular weight excluding hydrogens is 132 g/mol. The molecule has 1 aromatic carbocycles. The fraction of sp³-hybridized carbons (Fsp3) is 0.455. The van der Waals surface area contributed by atoms with Crippen molar-refractivity contribution in [2.24, 2.45) is 0 Å². The van der Waals surface area contributed by atoms with E-state index in [-0.39, 0.29) is 0 Å². The molecular formula is C11H14. The lowest BCUT2D eigenvalue weighted by Crippen LogP contribution is -1.92. The zero-order valence-electron chi connectivity index (χ0n) is 7.49. The van der Waals surface area contributed by atoms with E-state index in [0.717, 1.165) is 12.8 Å². The lowest BCUT2D eigenvalue weighted by molar-refractivity contribution is 1.04. The highest BCUT2D eigenvalue weighted by Crippen LogP contribution is 2.13. The van der Waals surface area contributed by atoms with Crippen molar-refractivity contribution in [3.05, 3.63) is 34.9 Å². The summed E-state index contributed by atoms with van der Waals surface area (Å²) in [5.74, 6) is 0. The lowest BCUT2D eigenvalue weighted by atomic mass is 9.99. The predicted molar refractivity (Wildman–Crippen MR) is 47.6 cm³/mol. The number of benzene rings is 1. The van der Waals surface area contributed by atoms with E-state index in [2.05, 4.69) is 32.9 Å². The maximum atomic E-state index is 3.21. The summed E-state index contributed by atoms with van der Waals surface area (Å²) in [5, 5.41) is 0. The van der Waals surface area contributed by atoms with E-state index in [4.69, 9.17) is 0 Å². The normalized spacial score (nSPS) is 10.1. The third-order valence-electron chi connectivity index (χ3n) is 2.11. The van der Waals surface area contributed by atoms with E-state index < -0.39 is 0 Å². The molecule has 0 amide bonds. The Kier molecular flexibility index (Phi) is 2.70. The molecule has 0 aliphatic rings. The molecule has 0 nitrogen and oxygen atoms in total. The second-order valence-electron chi connectivity index (χ2n) is 2.72. The first-order valence-corrected chi connectivity index (χ1v) is 4.20. The van der Waals surface area contributed by atoms with Gasteiger partial charge in [-0.1, -0.05) is 13.8 Å². The Bertz CT molecular complexity index is 214. The summed E-state index contributed by atoms with van der Waals surface area (Å²) in [5.41, 5.74) is 4.04. The Morgan fingerprint density at radius 1 is 1.09 bits per heavy atom. The smallest absolute Gasteiger partial charge is 0.0140 e. The summed E-state index contributed by atoms with van der Waals surface area (Å²) in [4.78, 5) is 0. The fourth-order valence-electron chi connectivity index (χ4n) is 1.34. The standard InChI is InChI=1S/C11H14/c1-4-10-7-6-8-11(5-2)9(10)3/h6H,4-5H2,1-3H3. The second kappa shape index (κ2) is 3.56. The highest BCUT2D eigenvalue weighted by atomic mass is 14.0. The molecule has 0 bridgehead atoms. The van der Waals surface area contributed by atoms with Gasteiger partial charge >= 0.3 is 0 Å². The third kappa shape index (κ3) is 1.62. The van der Waals surface area contributed by atoms with Crippen LogP contribution in [-0.4, -0.2) is 0 Å². The summed E-state index contributed by atoms with van der Waals surface area (Å²) < 4.78 is 0. The maximum absolute atomic E-state index is 3.21. The largest absolute Gasteiger partial charge is 0.0613 e. The highest BCUT2D eigenvalue weighted by molar-refractivity contribution is 5.32. The molecule has 1 rings (SSSR count). The van der Waals surface area contributed by atoms with E-state index in [1.54, 1.807) is 0 Å². The minimum Gasteiger partial charge on any atom is -0.0613 e. The molecule has 0 fully saturated rings. The zero-order valence-corrected chi connectivity index (χ0v) is 7.49. The van der Waals surface area contributed by atoms with Gasteiger partial charge in [0.15, 0.2) is 0 Å². The average Bonchev–Trinajstić information content (AvgIpc) is 2.05. The van der Waals surface area contributed by atoms with Gasteiger partial charge in [0, 0.05) is 0 Å². The molecule has 0 heteroatoms. The maximum Gasteiger partial charge on any atom is -0.0140 e. The van der Waals surface area contributed by atoms with Crippen molar-refractivity contribution in [3.8, 4) is 0 Å². The topological polar surface area (TPSA) is 0 Å². The molecule has 0 spiro atoms. The second-order valence-corrected chi connectivity index (χ2v) is 2.72. The molecule has 0 unspecified atom stereocenters.